The van der Waals surface area contributed by atoms with Crippen LogP contribution in [-0.2, 0) is 32.9 Å². The topological polar surface area (TPSA) is 74.8 Å². The van der Waals surface area contributed by atoms with Crippen LogP contribution in [0.25, 0.3) is 0 Å². The van der Waals surface area contributed by atoms with Gasteiger partial charge in [-0.2, -0.15) is 8.61 Å². The van der Waals surface area contributed by atoms with Crippen molar-refractivity contribution >= 4 is 20.0 Å². The molecule has 2 aromatic rings. The minimum absolute atomic E-state index is 0.306. The van der Waals surface area contributed by atoms with Crippen LogP contribution in [-0.4, -0.2) is 51.6 Å². The number of benzene rings is 2. The Labute approximate surface area is 181 Å². The zero-order valence-electron chi connectivity index (χ0n) is 18.2. The molecule has 2 aromatic carbocycles. The lowest BCUT2D eigenvalue weighted by molar-refractivity contribution is 0.444. The fourth-order valence-corrected chi connectivity index (χ4v) is 6.29. The summed E-state index contributed by atoms with van der Waals surface area (Å²) in [7, 11) is -6.89. The molecule has 0 aliphatic rings. The van der Waals surface area contributed by atoms with Gasteiger partial charge in [0.2, 0.25) is 20.0 Å². The van der Waals surface area contributed by atoms with Gasteiger partial charge in [0.05, 0.1) is 9.79 Å². The molecule has 0 aliphatic heterocycles. The van der Waals surface area contributed by atoms with Gasteiger partial charge in [-0.25, -0.2) is 16.8 Å². The van der Waals surface area contributed by atoms with Crippen LogP contribution in [0.2, 0.25) is 0 Å². The number of hydrogen-bond donors (Lipinski definition) is 0. The first-order valence-corrected chi connectivity index (χ1v) is 13.3. The quantitative estimate of drug-likeness (QED) is 0.523. The first-order chi connectivity index (χ1) is 14.2. The van der Waals surface area contributed by atoms with E-state index in [-0.39, 0.29) is 0 Å². The summed E-state index contributed by atoms with van der Waals surface area (Å²) in [6.07, 6.45) is 1.49. The molecule has 0 aromatic heterocycles. The lowest BCUT2D eigenvalue weighted by Crippen LogP contribution is -2.30. The molecule has 0 N–H and O–H groups in total. The van der Waals surface area contributed by atoms with E-state index in [1.165, 1.54) is 8.61 Å². The largest absolute Gasteiger partial charge is 0.243 e. The van der Waals surface area contributed by atoms with Crippen molar-refractivity contribution in [2.24, 2.45) is 0 Å². The van der Waals surface area contributed by atoms with Gasteiger partial charge in [-0.15, -0.1) is 0 Å². The van der Waals surface area contributed by atoms with Crippen LogP contribution < -0.4 is 0 Å². The molecule has 0 spiro atoms. The van der Waals surface area contributed by atoms with Gasteiger partial charge < -0.3 is 0 Å². The van der Waals surface area contributed by atoms with E-state index in [4.69, 9.17) is 0 Å². The third kappa shape index (κ3) is 5.49. The molecule has 0 atom stereocenters. The summed E-state index contributed by atoms with van der Waals surface area (Å²) in [6, 6.07) is 14.0. The minimum atomic E-state index is -3.44. The van der Waals surface area contributed by atoms with E-state index in [2.05, 4.69) is 0 Å². The van der Waals surface area contributed by atoms with Gasteiger partial charge in [0, 0.05) is 26.2 Å². The Morgan fingerprint density at radius 2 is 0.800 bits per heavy atom. The monoisotopic (exact) mass is 452 g/mol. The SMILES string of the molecule is CCN(CC)S(=O)(=O)c1ccc(CCc2ccc(S(=O)(=O)N(CC)CC)cc2)cc1. The molecule has 8 heteroatoms. The van der Waals surface area contributed by atoms with Crippen LogP contribution in [0.3, 0.4) is 0 Å². The predicted octanol–water partition coefficient (Wildman–Crippen LogP) is 3.53. The van der Waals surface area contributed by atoms with E-state index in [0.29, 0.717) is 36.0 Å². The van der Waals surface area contributed by atoms with Crippen molar-refractivity contribution in [1.29, 1.82) is 0 Å². The highest BCUT2D eigenvalue weighted by molar-refractivity contribution is 7.89. The van der Waals surface area contributed by atoms with E-state index in [0.717, 1.165) is 24.0 Å². The summed E-state index contributed by atoms with van der Waals surface area (Å²) in [5, 5.41) is 0. The summed E-state index contributed by atoms with van der Waals surface area (Å²) in [5.41, 5.74) is 2.07. The highest BCUT2D eigenvalue weighted by atomic mass is 32.2. The highest BCUT2D eigenvalue weighted by Crippen LogP contribution is 2.19. The summed E-state index contributed by atoms with van der Waals surface area (Å²) in [6.45, 7) is 9.09. The summed E-state index contributed by atoms with van der Waals surface area (Å²) in [4.78, 5) is 0.613. The lowest BCUT2D eigenvalue weighted by Gasteiger charge is -2.18. The van der Waals surface area contributed by atoms with Crippen LogP contribution in [0, 0.1) is 0 Å². The molecule has 0 radical (unpaired) electrons. The van der Waals surface area contributed by atoms with Crippen molar-refractivity contribution in [1.82, 2.24) is 8.61 Å². The molecular weight excluding hydrogens is 420 g/mol. The normalized spacial score (nSPS) is 12.6. The molecule has 30 heavy (non-hydrogen) atoms. The first-order valence-electron chi connectivity index (χ1n) is 10.4. The van der Waals surface area contributed by atoms with Gasteiger partial charge >= 0.3 is 0 Å². The lowest BCUT2D eigenvalue weighted by atomic mass is 10.0. The standard InChI is InChI=1S/C22H32N2O4S2/c1-5-23(6-2)29(25,26)21-15-11-19(12-16-21)9-10-20-13-17-22(18-14-20)30(27,28)24(7-3)8-4/h11-18H,5-10H2,1-4H3. The fourth-order valence-electron chi connectivity index (χ4n) is 3.37. The van der Waals surface area contributed by atoms with E-state index < -0.39 is 20.0 Å². The Bertz CT molecular complexity index is 922. The summed E-state index contributed by atoms with van der Waals surface area (Å²) >= 11 is 0. The molecule has 0 saturated heterocycles. The zero-order chi connectivity index (χ0) is 22.4. The van der Waals surface area contributed by atoms with E-state index in [1.54, 1.807) is 24.3 Å². The van der Waals surface area contributed by atoms with Crippen molar-refractivity contribution in [3.63, 3.8) is 0 Å². The number of sulfonamides is 2. The van der Waals surface area contributed by atoms with Gasteiger partial charge in [-0.3, -0.25) is 0 Å². The van der Waals surface area contributed by atoms with Crippen molar-refractivity contribution in [2.45, 2.75) is 50.3 Å². The predicted molar refractivity (Wildman–Crippen MR) is 121 cm³/mol. The van der Waals surface area contributed by atoms with Gasteiger partial charge in [-0.05, 0) is 48.2 Å². The Kier molecular flexibility index (Phi) is 8.61. The molecule has 2 rings (SSSR count). The van der Waals surface area contributed by atoms with Crippen molar-refractivity contribution in [3.05, 3.63) is 59.7 Å². The number of hydrogen-bond acceptors (Lipinski definition) is 4. The first kappa shape index (κ1) is 24.5. The molecule has 0 bridgehead atoms. The zero-order valence-corrected chi connectivity index (χ0v) is 19.8. The van der Waals surface area contributed by atoms with Gasteiger partial charge in [0.1, 0.15) is 0 Å². The minimum Gasteiger partial charge on any atom is -0.207 e. The Balaban J connectivity index is 2.06. The van der Waals surface area contributed by atoms with E-state index in [9.17, 15) is 16.8 Å². The molecule has 0 fully saturated rings. The Morgan fingerprint density at radius 1 is 0.533 bits per heavy atom. The van der Waals surface area contributed by atoms with Crippen LogP contribution in [0.5, 0.6) is 0 Å². The van der Waals surface area contributed by atoms with Crippen LogP contribution in [0.1, 0.15) is 38.8 Å². The molecule has 166 valence electrons. The summed E-state index contributed by atoms with van der Waals surface area (Å²) in [5.74, 6) is 0. The maximum absolute atomic E-state index is 12.6. The maximum atomic E-state index is 12.6. The molecule has 0 saturated carbocycles. The van der Waals surface area contributed by atoms with Crippen LogP contribution >= 0.6 is 0 Å². The van der Waals surface area contributed by atoms with Gasteiger partial charge in [0.25, 0.3) is 0 Å². The molecule has 0 heterocycles. The van der Waals surface area contributed by atoms with E-state index >= 15 is 0 Å². The fraction of sp³-hybridized carbons (Fsp3) is 0.455. The molecule has 0 amide bonds. The average molecular weight is 453 g/mol. The second-order valence-corrected chi connectivity index (χ2v) is 10.8. The third-order valence-electron chi connectivity index (χ3n) is 5.24. The molecule has 0 unspecified atom stereocenters. The number of rotatable bonds is 11. The average Bonchev–Trinajstić information content (AvgIpc) is 2.74. The maximum Gasteiger partial charge on any atom is 0.243 e. The van der Waals surface area contributed by atoms with Crippen molar-refractivity contribution in [2.75, 3.05) is 26.2 Å². The van der Waals surface area contributed by atoms with Crippen molar-refractivity contribution in [3.8, 4) is 0 Å². The third-order valence-corrected chi connectivity index (χ3v) is 9.36. The van der Waals surface area contributed by atoms with Crippen LogP contribution in [0.15, 0.2) is 58.3 Å². The molecular formula is C22H32N2O4S2. The van der Waals surface area contributed by atoms with E-state index in [1.807, 2.05) is 52.0 Å². The van der Waals surface area contributed by atoms with Crippen molar-refractivity contribution < 1.29 is 16.8 Å². The highest BCUT2D eigenvalue weighted by Gasteiger charge is 2.22. The second kappa shape index (κ2) is 10.5. The second-order valence-electron chi connectivity index (χ2n) is 6.97. The van der Waals surface area contributed by atoms with Gasteiger partial charge in [0.15, 0.2) is 0 Å². The van der Waals surface area contributed by atoms with Gasteiger partial charge in [-0.1, -0.05) is 52.0 Å². The summed E-state index contributed by atoms with van der Waals surface area (Å²) < 4.78 is 53.1. The Morgan fingerprint density at radius 3 is 1.03 bits per heavy atom. The molecule has 0 aliphatic carbocycles. The molecule has 6 nitrogen and oxygen atoms in total. The number of aryl methyl sites for hydroxylation is 2. The number of nitrogens with zero attached hydrogens (tertiary/aromatic N) is 2. The van der Waals surface area contributed by atoms with Crippen LogP contribution in [0.4, 0.5) is 0 Å². The Hall–Kier alpha value is -1.74. The smallest absolute Gasteiger partial charge is 0.207 e.